The molecule has 0 aliphatic heterocycles. The number of para-hydroxylation sites is 2. The summed E-state index contributed by atoms with van der Waals surface area (Å²) in [6.07, 6.45) is 3.89. The Hall–Kier alpha value is -3.80. The summed E-state index contributed by atoms with van der Waals surface area (Å²) in [5, 5.41) is 2.94. The fourth-order valence-corrected chi connectivity index (χ4v) is 3.33. The number of methoxy groups -OCH3 is 1. The van der Waals surface area contributed by atoms with Crippen molar-refractivity contribution in [3.05, 3.63) is 95.4 Å². The number of nitrogens with zero attached hydrogens (tertiary/aromatic N) is 2. The summed E-state index contributed by atoms with van der Waals surface area (Å²) in [7, 11) is 1.62. The van der Waals surface area contributed by atoms with Gasteiger partial charge in [0.2, 0.25) is 0 Å². The summed E-state index contributed by atoms with van der Waals surface area (Å²) >= 11 is 0. The quantitative estimate of drug-likeness (QED) is 0.505. The zero-order chi connectivity index (χ0) is 20.9. The molecule has 1 amide bonds. The second-order valence-electron chi connectivity index (χ2n) is 6.93. The molecule has 0 aliphatic rings. The molecular formula is C24H23N3O3. The molecule has 0 saturated heterocycles. The Bertz CT molecular complexity index is 1180. The highest BCUT2D eigenvalue weighted by atomic mass is 16.5. The second-order valence-corrected chi connectivity index (χ2v) is 6.93. The molecule has 1 N–H and O–H groups in total. The fourth-order valence-electron chi connectivity index (χ4n) is 3.33. The lowest BCUT2D eigenvalue weighted by Crippen LogP contribution is -2.23. The van der Waals surface area contributed by atoms with Gasteiger partial charge < -0.3 is 19.2 Å². The van der Waals surface area contributed by atoms with E-state index in [1.54, 1.807) is 19.2 Å². The van der Waals surface area contributed by atoms with Gasteiger partial charge in [0.05, 0.1) is 18.4 Å². The largest absolute Gasteiger partial charge is 0.496 e. The molecule has 0 bridgehead atoms. The lowest BCUT2D eigenvalue weighted by Gasteiger charge is -2.12. The van der Waals surface area contributed by atoms with Crippen LogP contribution in [0.5, 0.6) is 11.5 Å². The Balaban J connectivity index is 1.46. The second kappa shape index (κ2) is 8.69. The van der Waals surface area contributed by atoms with Crippen LogP contribution in [0.1, 0.15) is 27.2 Å². The summed E-state index contributed by atoms with van der Waals surface area (Å²) in [6.45, 7) is 2.66. The number of carbonyl (C=O) groups is 1. The predicted octanol–water partition coefficient (Wildman–Crippen LogP) is 4.16. The number of benzene rings is 2. The molecule has 0 fully saturated rings. The van der Waals surface area contributed by atoms with Crippen molar-refractivity contribution in [3.8, 4) is 11.5 Å². The highest BCUT2D eigenvalue weighted by Crippen LogP contribution is 2.21. The van der Waals surface area contributed by atoms with Crippen molar-refractivity contribution in [2.75, 3.05) is 7.11 Å². The number of aromatic nitrogens is 2. The van der Waals surface area contributed by atoms with Crippen LogP contribution in [0, 0.1) is 6.92 Å². The topological polar surface area (TPSA) is 64.9 Å². The van der Waals surface area contributed by atoms with Crippen molar-refractivity contribution in [1.29, 1.82) is 0 Å². The molecule has 6 nitrogen and oxygen atoms in total. The van der Waals surface area contributed by atoms with Gasteiger partial charge in [-0.15, -0.1) is 0 Å². The van der Waals surface area contributed by atoms with Gasteiger partial charge in [-0.1, -0.05) is 36.4 Å². The van der Waals surface area contributed by atoms with E-state index in [2.05, 4.69) is 10.3 Å². The lowest BCUT2D eigenvalue weighted by atomic mass is 10.1. The van der Waals surface area contributed by atoms with E-state index in [0.29, 0.717) is 17.9 Å². The number of hydrogen-bond acceptors (Lipinski definition) is 4. The Kier molecular flexibility index (Phi) is 5.66. The highest BCUT2D eigenvalue weighted by Gasteiger charge is 2.14. The van der Waals surface area contributed by atoms with Crippen LogP contribution < -0.4 is 14.8 Å². The molecule has 2 aromatic heterocycles. The van der Waals surface area contributed by atoms with E-state index in [9.17, 15) is 4.79 Å². The van der Waals surface area contributed by atoms with Crippen LogP contribution >= 0.6 is 0 Å². The van der Waals surface area contributed by atoms with E-state index in [-0.39, 0.29) is 12.5 Å². The van der Waals surface area contributed by atoms with Crippen LogP contribution in [0.4, 0.5) is 0 Å². The van der Waals surface area contributed by atoms with Gasteiger partial charge in [-0.25, -0.2) is 4.98 Å². The number of rotatable bonds is 7. The molecule has 6 heteroatoms. The van der Waals surface area contributed by atoms with Gasteiger partial charge in [0, 0.05) is 24.5 Å². The predicted molar refractivity (Wildman–Crippen MR) is 115 cm³/mol. The van der Waals surface area contributed by atoms with E-state index in [1.165, 1.54) is 0 Å². The van der Waals surface area contributed by atoms with Crippen molar-refractivity contribution in [2.45, 2.75) is 20.1 Å². The summed E-state index contributed by atoms with van der Waals surface area (Å²) < 4.78 is 13.3. The molecule has 2 heterocycles. The van der Waals surface area contributed by atoms with Gasteiger partial charge in [0.15, 0.2) is 0 Å². The Morgan fingerprint density at radius 2 is 1.80 bits per heavy atom. The normalized spacial score (nSPS) is 10.7. The van der Waals surface area contributed by atoms with Crippen molar-refractivity contribution in [2.24, 2.45) is 0 Å². The number of carbonyl (C=O) groups excluding carboxylic acids is 1. The molecule has 0 unspecified atom stereocenters. The van der Waals surface area contributed by atoms with Gasteiger partial charge >= 0.3 is 0 Å². The monoisotopic (exact) mass is 401 g/mol. The first-order valence-corrected chi connectivity index (χ1v) is 9.71. The highest BCUT2D eigenvalue weighted by molar-refractivity contribution is 5.96. The maximum absolute atomic E-state index is 12.8. The summed E-state index contributed by atoms with van der Waals surface area (Å²) in [4.78, 5) is 17.4. The summed E-state index contributed by atoms with van der Waals surface area (Å²) in [6, 6.07) is 18.8. The molecular weight excluding hydrogens is 378 g/mol. The number of nitrogens with one attached hydrogen (secondary N) is 1. The van der Waals surface area contributed by atoms with Crippen molar-refractivity contribution in [1.82, 2.24) is 14.7 Å². The van der Waals surface area contributed by atoms with Crippen LogP contribution in [0.2, 0.25) is 0 Å². The molecule has 2 aromatic carbocycles. The van der Waals surface area contributed by atoms with Crippen LogP contribution in [-0.2, 0) is 13.2 Å². The fraction of sp³-hybridized carbons (Fsp3) is 0.167. The molecule has 4 aromatic rings. The molecule has 0 aliphatic carbocycles. The number of fused-ring (bicyclic) bond motifs is 1. The van der Waals surface area contributed by atoms with Crippen molar-refractivity contribution < 1.29 is 14.3 Å². The van der Waals surface area contributed by atoms with Gasteiger partial charge in [-0.2, -0.15) is 0 Å². The van der Waals surface area contributed by atoms with E-state index in [0.717, 1.165) is 28.2 Å². The number of amides is 1. The SMILES string of the molecule is COc1ccccc1CNC(=O)c1ccccc1OCc1cn2cccc(C)c2n1. The zero-order valence-corrected chi connectivity index (χ0v) is 17.0. The molecule has 152 valence electrons. The Labute approximate surface area is 175 Å². The number of pyridine rings is 1. The molecule has 0 saturated carbocycles. The first-order chi connectivity index (χ1) is 14.7. The first-order valence-electron chi connectivity index (χ1n) is 9.71. The minimum absolute atomic E-state index is 0.206. The standard InChI is InChI=1S/C24H23N3O3/c1-17-8-7-13-27-15-19(26-23(17)27)16-30-22-12-6-4-10-20(22)24(28)25-14-18-9-3-5-11-21(18)29-2/h3-13,15H,14,16H2,1-2H3,(H,25,28). The third-order valence-electron chi connectivity index (χ3n) is 4.87. The maximum Gasteiger partial charge on any atom is 0.255 e. The van der Waals surface area contributed by atoms with Crippen molar-refractivity contribution in [3.63, 3.8) is 0 Å². The molecule has 0 radical (unpaired) electrons. The average molecular weight is 401 g/mol. The average Bonchev–Trinajstić information content (AvgIpc) is 3.21. The lowest BCUT2D eigenvalue weighted by molar-refractivity contribution is 0.0946. The van der Waals surface area contributed by atoms with Gasteiger partial charge in [-0.3, -0.25) is 4.79 Å². The Morgan fingerprint density at radius 1 is 1.03 bits per heavy atom. The number of hydrogen-bond donors (Lipinski definition) is 1. The minimum Gasteiger partial charge on any atom is -0.496 e. The van der Waals surface area contributed by atoms with Gasteiger partial charge in [0.25, 0.3) is 5.91 Å². The summed E-state index contributed by atoms with van der Waals surface area (Å²) in [5.41, 5.74) is 4.19. The number of imidazole rings is 1. The van der Waals surface area contributed by atoms with E-state index in [1.807, 2.05) is 72.2 Å². The van der Waals surface area contributed by atoms with Crippen LogP contribution in [0.3, 0.4) is 0 Å². The van der Waals surface area contributed by atoms with Crippen LogP contribution in [0.25, 0.3) is 5.65 Å². The van der Waals surface area contributed by atoms with Gasteiger partial charge in [-0.05, 0) is 36.8 Å². The smallest absolute Gasteiger partial charge is 0.255 e. The van der Waals surface area contributed by atoms with Crippen LogP contribution in [-0.4, -0.2) is 22.4 Å². The molecule has 0 atom stereocenters. The third kappa shape index (κ3) is 4.12. The molecule has 4 rings (SSSR count). The maximum atomic E-state index is 12.8. The van der Waals surface area contributed by atoms with Crippen LogP contribution in [0.15, 0.2) is 73.1 Å². The number of ether oxygens (including phenoxy) is 2. The summed E-state index contributed by atoms with van der Waals surface area (Å²) in [5.74, 6) is 1.05. The molecule has 0 spiro atoms. The van der Waals surface area contributed by atoms with Gasteiger partial charge in [0.1, 0.15) is 23.8 Å². The number of aryl methyl sites for hydroxylation is 1. The Morgan fingerprint density at radius 3 is 2.60 bits per heavy atom. The van der Waals surface area contributed by atoms with E-state index >= 15 is 0 Å². The van der Waals surface area contributed by atoms with E-state index < -0.39 is 0 Å². The third-order valence-corrected chi connectivity index (χ3v) is 4.87. The zero-order valence-electron chi connectivity index (χ0n) is 17.0. The first kappa shape index (κ1) is 19.5. The van der Waals surface area contributed by atoms with E-state index in [4.69, 9.17) is 9.47 Å². The molecule has 30 heavy (non-hydrogen) atoms. The van der Waals surface area contributed by atoms with Crippen molar-refractivity contribution >= 4 is 11.6 Å². The minimum atomic E-state index is -0.206.